The van der Waals surface area contributed by atoms with Gasteiger partial charge in [-0.1, -0.05) is 48.7 Å². The molecule has 1 aliphatic rings. The highest BCUT2D eigenvalue weighted by Gasteiger charge is 2.49. The van der Waals surface area contributed by atoms with Gasteiger partial charge in [0.1, 0.15) is 0 Å². The van der Waals surface area contributed by atoms with Crippen LogP contribution < -0.4 is 10.4 Å². The molecule has 0 atom stereocenters. The van der Waals surface area contributed by atoms with E-state index >= 15 is 0 Å². The standard InChI is InChI=1S/C20H22N2Si2/c1-13-9-19-15(11-17(13)21-3)16-12-18(22-4)14(2)10-20(16)24(7,8)23(19,5)6/h9-12H,1-2,5-8H3. The lowest BCUT2D eigenvalue weighted by atomic mass is 10.00. The zero-order valence-corrected chi connectivity index (χ0v) is 17.2. The molecule has 1 heterocycles. The van der Waals surface area contributed by atoms with E-state index in [1.807, 2.05) is 13.8 Å². The highest BCUT2D eigenvalue weighted by molar-refractivity contribution is 7.50. The summed E-state index contributed by atoms with van der Waals surface area (Å²) >= 11 is 0. The van der Waals surface area contributed by atoms with Gasteiger partial charge in [0.05, 0.1) is 28.3 Å². The van der Waals surface area contributed by atoms with Crippen LogP contribution in [0.4, 0.5) is 11.4 Å². The van der Waals surface area contributed by atoms with Crippen molar-refractivity contribution in [2.75, 3.05) is 0 Å². The molecule has 2 nitrogen and oxygen atoms in total. The van der Waals surface area contributed by atoms with Gasteiger partial charge >= 0.3 is 0 Å². The molecule has 3 rings (SSSR count). The smallest absolute Gasteiger partial charge is 0.190 e. The molecule has 1 aliphatic heterocycles. The van der Waals surface area contributed by atoms with E-state index in [2.05, 4.69) is 60.1 Å². The zero-order chi connectivity index (χ0) is 17.9. The average Bonchev–Trinajstić information content (AvgIpc) is 2.53. The van der Waals surface area contributed by atoms with Gasteiger partial charge in [-0.2, -0.15) is 0 Å². The molecule has 0 N–H and O–H groups in total. The van der Waals surface area contributed by atoms with Crippen molar-refractivity contribution in [3.8, 4) is 11.1 Å². The fraction of sp³-hybridized carbons (Fsp3) is 0.300. The molecule has 2 aromatic rings. The van der Waals surface area contributed by atoms with Gasteiger partial charge in [0.2, 0.25) is 0 Å². The van der Waals surface area contributed by atoms with Crippen LogP contribution in [0.1, 0.15) is 11.1 Å². The monoisotopic (exact) mass is 346 g/mol. The minimum Gasteiger partial charge on any atom is -0.238 e. The zero-order valence-electron chi connectivity index (χ0n) is 15.2. The number of rotatable bonds is 0. The van der Waals surface area contributed by atoms with Gasteiger partial charge < -0.3 is 0 Å². The van der Waals surface area contributed by atoms with Crippen LogP contribution in [0, 0.1) is 27.0 Å². The molecule has 0 radical (unpaired) electrons. The van der Waals surface area contributed by atoms with Crippen LogP contribution in [0.3, 0.4) is 0 Å². The van der Waals surface area contributed by atoms with E-state index < -0.39 is 15.2 Å². The first-order chi connectivity index (χ1) is 11.1. The van der Waals surface area contributed by atoms with Gasteiger partial charge in [-0.25, -0.2) is 9.69 Å². The quantitative estimate of drug-likeness (QED) is 0.469. The fourth-order valence-corrected chi connectivity index (χ4v) is 13.3. The summed E-state index contributed by atoms with van der Waals surface area (Å²) in [4.78, 5) is 7.42. The van der Waals surface area contributed by atoms with Gasteiger partial charge in [0.25, 0.3) is 0 Å². The van der Waals surface area contributed by atoms with Crippen molar-refractivity contribution in [1.82, 2.24) is 0 Å². The van der Waals surface area contributed by atoms with Crippen molar-refractivity contribution < 1.29 is 0 Å². The fourth-order valence-electron chi connectivity index (χ4n) is 3.79. The van der Waals surface area contributed by atoms with Gasteiger partial charge in [-0.05, 0) is 48.2 Å². The Kier molecular flexibility index (Phi) is 3.60. The highest BCUT2D eigenvalue weighted by atomic mass is 29.3. The Balaban J connectivity index is 2.50. The first kappa shape index (κ1) is 16.7. The molecule has 0 unspecified atom stereocenters. The maximum absolute atomic E-state index is 7.47. The first-order valence-corrected chi connectivity index (χ1v) is 15.2. The van der Waals surface area contributed by atoms with Crippen molar-refractivity contribution >= 4 is 36.9 Å². The van der Waals surface area contributed by atoms with Crippen molar-refractivity contribution in [3.63, 3.8) is 0 Å². The summed E-state index contributed by atoms with van der Waals surface area (Å²) in [6, 6.07) is 8.67. The number of benzene rings is 2. The van der Waals surface area contributed by atoms with E-state index in [0.717, 1.165) is 22.5 Å². The topological polar surface area (TPSA) is 8.72 Å². The van der Waals surface area contributed by atoms with E-state index in [9.17, 15) is 0 Å². The third kappa shape index (κ3) is 2.04. The predicted octanol–water partition coefficient (Wildman–Crippen LogP) is 4.99. The molecule has 120 valence electrons. The summed E-state index contributed by atoms with van der Waals surface area (Å²) in [5.41, 5.74) is 6.03. The molecule has 0 aliphatic carbocycles. The second-order valence-electron chi connectivity index (χ2n) is 7.84. The Labute approximate surface area is 146 Å². The molecule has 0 saturated heterocycles. The van der Waals surface area contributed by atoms with Gasteiger partial charge in [-0.3, -0.25) is 0 Å². The molecular weight excluding hydrogens is 324 g/mol. The van der Waals surface area contributed by atoms with Crippen LogP contribution in [-0.2, 0) is 0 Å². The van der Waals surface area contributed by atoms with E-state index in [-0.39, 0.29) is 0 Å². The SMILES string of the molecule is [C-]#[N+]c1cc2c(cc1C)[Si](C)(C)[Si](C)(C)c1cc(C)c([N+]#[C-])cc1-2. The maximum Gasteiger partial charge on any atom is 0.190 e. The minimum absolute atomic E-state index is 0.732. The number of hydrogen-bond acceptors (Lipinski definition) is 0. The predicted molar refractivity (Wildman–Crippen MR) is 108 cm³/mol. The largest absolute Gasteiger partial charge is 0.238 e. The summed E-state index contributed by atoms with van der Waals surface area (Å²) in [6.07, 6.45) is 0. The van der Waals surface area contributed by atoms with E-state index in [4.69, 9.17) is 13.1 Å². The number of aryl methyl sites for hydroxylation is 2. The van der Waals surface area contributed by atoms with Gasteiger partial charge in [0, 0.05) is 0 Å². The Bertz CT molecular complexity index is 878. The van der Waals surface area contributed by atoms with E-state index in [1.54, 1.807) is 0 Å². The molecule has 0 bridgehead atoms. The maximum atomic E-state index is 7.47. The summed E-state index contributed by atoms with van der Waals surface area (Å²) in [6.45, 7) is 29.0. The number of fused-ring (bicyclic) bond motifs is 3. The summed E-state index contributed by atoms with van der Waals surface area (Å²) in [5, 5.41) is 2.94. The molecule has 0 amide bonds. The lowest BCUT2D eigenvalue weighted by Gasteiger charge is -2.46. The molecule has 0 fully saturated rings. The third-order valence-corrected chi connectivity index (χ3v) is 23.7. The normalized spacial score (nSPS) is 16.5. The lowest BCUT2D eigenvalue weighted by Crippen LogP contribution is -2.72. The van der Waals surface area contributed by atoms with Crippen LogP contribution in [-0.4, -0.2) is 15.2 Å². The van der Waals surface area contributed by atoms with Crippen LogP contribution in [0.15, 0.2) is 24.3 Å². The number of nitrogens with zero attached hydrogens (tertiary/aromatic N) is 2. The van der Waals surface area contributed by atoms with Crippen LogP contribution in [0.5, 0.6) is 0 Å². The third-order valence-electron chi connectivity index (χ3n) is 6.11. The average molecular weight is 347 g/mol. The lowest BCUT2D eigenvalue weighted by molar-refractivity contribution is 1.47. The molecule has 0 aromatic heterocycles. The van der Waals surface area contributed by atoms with Crippen LogP contribution in [0.25, 0.3) is 20.8 Å². The van der Waals surface area contributed by atoms with Crippen molar-refractivity contribution in [2.24, 2.45) is 0 Å². The molecular formula is C20H22N2Si2. The summed E-state index contributed by atoms with van der Waals surface area (Å²) in [7, 11) is -3.30. The summed E-state index contributed by atoms with van der Waals surface area (Å²) in [5.74, 6) is 0. The minimum atomic E-state index is -1.65. The van der Waals surface area contributed by atoms with Crippen molar-refractivity contribution in [3.05, 3.63) is 58.2 Å². The van der Waals surface area contributed by atoms with Crippen LogP contribution >= 0.6 is 0 Å². The Morgan fingerprint density at radius 2 is 1.00 bits per heavy atom. The van der Waals surface area contributed by atoms with Crippen LogP contribution in [0.2, 0.25) is 26.2 Å². The van der Waals surface area contributed by atoms with Crippen molar-refractivity contribution in [1.29, 1.82) is 0 Å². The summed E-state index contributed by atoms with van der Waals surface area (Å²) < 4.78 is 0. The molecule has 24 heavy (non-hydrogen) atoms. The van der Waals surface area contributed by atoms with E-state index in [0.29, 0.717) is 0 Å². The molecule has 0 spiro atoms. The van der Waals surface area contributed by atoms with Gasteiger partial charge in [-0.15, -0.1) is 0 Å². The Morgan fingerprint density at radius 1 is 0.667 bits per heavy atom. The van der Waals surface area contributed by atoms with Gasteiger partial charge in [0.15, 0.2) is 11.4 Å². The first-order valence-electron chi connectivity index (χ1n) is 8.20. The van der Waals surface area contributed by atoms with Crippen molar-refractivity contribution in [2.45, 2.75) is 40.0 Å². The molecule has 4 heteroatoms. The number of hydrogen-bond donors (Lipinski definition) is 0. The van der Waals surface area contributed by atoms with E-state index in [1.165, 1.54) is 21.5 Å². The molecule has 2 aromatic carbocycles. The highest BCUT2D eigenvalue weighted by Crippen LogP contribution is 2.38. The Morgan fingerprint density at radius 3 is 1.29 bits per heavy atom. The second kappa shape index (κ2) is 5.18. The Hall–Kier alpha value is -2.15. The molecule has 0 saturated carbocycles. The second-order valence-corrected chi connectivity index (χ2v) is 22.9.